The summed E-state index contributed by atoms with van der Waals surface area (Å²) < 4.78 is 5.49. The van der Waals surface area contributed by atoms with E-state index in [1.807, 2.05) is 62.4 Å². The van der Waals surface area contributed by atoms with Gasteiger partial charge in [-0.1, -0.05) is 25.1 Å². The predicted molar refractivity (Wildman–Crippen MR) is 110 cm³/mol. The Morgan fingerprint density at radius 2 is 1.93 bits per heavy atom. The quantitative estimate of drug-likeness (QED) is 0.758. The number of amides is 2. The smallest absolute Gasteiger partial charge is 0.238 e. The fourth-order valence-electron chi connectivity index (χ4n) is 3.07. The predicted octanol–water partition coefficient (Wildman–Crippen LogP) is 4.60. The molecule has 3 rings (SSSR count). The van der Waals surface area contributed by atoms with Crippen molar-refractivity contribution in [1.82, 2.24) is 0 Å². The van der Waals surface area contributed by atoms with Gasteiger partial charge in [0.2, 0.25) is 11.8 Å². The molecule has 142 valence electrons. The van der Waals surface area contributed by atoms with Crippen molar-refractivity contribution in [3.8, 4) is 5.75 Å². The van der Waals surface area contributed by atoms with Gasteiger partial charge in [0, 0.05) is 23.4 Å². The van der Waals surface area contributed by atoms with Crippen LogP contribution in [0.15, 0.2) is 48.5 Å². The van der Waals surface area contributed by atoms with Crippen LogP contribution in [0.3, 0.4) is 0 Å². The lowest BCUT2D eigenvalue weighted by Crippen LogP contribution is -2.28. The number of nitrogens with zero attached hydrogens (tertiary/aromatic N) is 1. The number of benzene rings is 2. The van der Waals surface area contributed by atoms with E-state index in [1.54, 1.807) is 16.7 Å². The number of ether oxygens (including phenoxy) is 1. The lowest BCUT2D eigenvalue weighted by atomic mass is 10.1. The zero-order chi connectivity index (χ0) is 19.2. The lowest BCUT2D eigenvalue weighted by molar-refractivity contribution is -0.116. The van der Waals surface area contributed by atoms with Gasteiger partial charge >= 0.3 is 0 Å². The molecule has 1 aliphatic rings. The van der Waals surface area contributed by atoms with Gasteiger partial charge in [0.05, 0.1) is 12.4 Å². The second kappa shape index (κ2) is 8.95. The maximum Gasteiger partial charge on any atom is 0.238 e. The SMILES string of the molecule is CCCC(=O)Nc1ccccc1[C@@H]1SCC(=O)N1c1ccc(OCC)cc1. The van der Waals surface area contributed by atoms with E-state index in [4.69, 9.17) is 4.74 Å². The minimum Gasteiger partial charge on any atom is -0.494 e. The number of rotatable bonds is 7. The first-order chi connectivity index (χ1) is 13.1. The van der Waals surface area contributed by atoms with Crippen molar-refractivity contribution < 1.29 is 14.3 Å². The van der Waals surface area contributed by atoms with Crippen molar-refractivity contribution in [3.63, 3.8) is 0 Å². The van der Waals surface area contributed by atoms with E-state index in [-0.39, 0.29) is 17.2 Å². The van der Waals surface area contributed by atoms with Crippen molar-refractivity contribution in [2.45, 2.75) is 32.1 Å². The van der Waals surface area contributed by atoms with Crippen molar-refractivity contribution in [3.05, 3.63) is 54.1 Å². The Kier molecular flexibility index (Phi) is 6.40. The number of thioether (sulfide) groups is 1. The molecular weight excluding hydrogens is 360 g/mol. The molecule has 5 nitrogen and oxygen atoms in total. The van der Waals surface area contributed by atoms with E-state index >= 15 is 0 Å². The first-order valence-corrected chi connectivity index (χ1v) is 10.2. The summed E-state index contributed by atoms with van der Waals surface area (Å²) >= 11 is 1.57. The molecule has 0 aromatic heterocycles. The zero-order valence-corrected chi connectivity index (χ0v) is 16.4. The fourth-order valence-corrected chi connectivity index (χ4v) is 4.28. The highest BCUT2D eigenvalue weighted by atomic mass is 32.2. The van der Waals surface area contributed by atoms with Crippen LogP contribution in [0.25, 0.3) is 0 Å². The molecule has 0 spiro atoms. The van der Waals surface area contributed by atoms with Crippen LogP contribution in [0.4, 0.5) is 11.4 Å². The minimum absolute atomic E-state index is 0.00751. The zero-order valence-electron chi connectivity index (χ0n) is 15.6. The van der Waals surface area contributed by atoms with E-state index in [0.717, 1.165) is 29.1 Å². The van der Waals surface area contributed by atoms with Gasteiger partial charge in [-0.05, 0) is 43.7 Å². The van der Waals surface area contributed by atoms with Gasteiger partial charge in [0.25, 0.3) is 0 Å². The molecule has 2 aromatic rings. The Bertz CT molecular complexity index is 807. The van der Waals surface area contributed by atoms with Crippen LogP contribution in [-0.2, 0) is 9.59 Å². The third-order valence-corrected chi connectivity index (χ3v) is 5.47. The molecule has 1 heterocycles. The van der Waals surface area contributed by atoms with Gasteiger partial charge in [0.1, 0.15) is 11.1 Å². The van der Waals surface area contributed by atoms with E-state index in [2.05, 4.69) is 5.32 Å². The van der Waals surface area contributed by atoms with Crippen LogP contribution in [0.1, 0.15) is 37.6 Å². The highest BCUT2D eigenvalue weighted by molar-refractivity contribution is 8.00. The maximum atomic E-state index is 12.6. The monoisotopic (exact) mass is 384 g/mol. The molecule has 2 aromatic carbocycles. The van der Waals surface area contributed by atoms with Crippen LogP contribution in [0.5, 0.6) is 5.75 Å². The van der Waals surface area contributed by atoms with E-state index in [9.17, 15) is 9.59 Å². The minimum atomic E-state index is -0.173. The van der Waals surface area contributed by atoms with Crippen LogP contribution in [0.2, 0.25) is 0 Å². The second-order valence-corrected chi connectivity index (χ2v) is 7.31. The Balaban J connectivity index is 1.89. The van der Waals surface area contributed by atoms with E-state index in [0.29, 0.717) is 18.8 Å². The molecule has 1 saturated heterocycles. The van der Waals surface area contributed by atoms with Gasteiger partial charge in [-0.25, -0.2) is 0 Å². The summed E-state index contributed by atoms with van der Waals surface area (Å²) in [5.41, 5.74) is 2.53. The molecule has 27 heavy (non-hydrogen) atoms. The van der Waals surface area contributed by atoms with Crippen molar-refractivity contribution >= 4 is 35.0 Å². The Hall–Kier alpha value is -2.47. The molecule has 0 aliphatic carbocycles. The van der Waals surface area contributed by atoms with Crippen molar-refractivity contribution in [2.24, 2.45) is 0 Å². The number of hydrogen-bond donors (Lipinski definition) is 1. The fraction of sp³-hybridized carbons (Fsp3) is 0.333. The standard InChI is InChI=1S/C21H24N2O3S/c1-3-7-19(24)22-18-9-6-5-8-17(18)21-23(20(25)14-27-21)15-10-12-16(13-11-15)26-4-2/h5-6,8-13,21H,3-4,7,14H2,1-2H3,(H,22,24)/t21-/m0/s1. The number of carbonyl (C=O) groups excluding carboxylic acids is 2. The average molecular weight is 385 g/mol. The first-order valence-electron chi connectivity index (χ1n) is 9.19. The molecular formula is C21H24N2O3S. The summed E-state index contributed by atoms with van der Waals surface area (Å²) in [6.07, 6.45) is 1.27. The van der Waals surface area contributed by atoms with E-state index < -0.39 is 0 Å². The normalized spacial score (nSPS) is 16.4. The summed E-state index contributed by atoms with van der Waals surface area (Å²) in [6.45, 7) is 4.52. The Morgan fingerprint density at radius 1 is 1.19 bits per heavy atom. The van der Waals surface area contributed by atoms with Crippen LogP contribution >= 0.6 is 11.8 Å². The number of nitrogens with one attached hydrogen (secondary N) is 1. The molecule has 1 atom stereocenters. The highest BCUT2D eigenvalue weighted by Crippen LogP contribution is 2.44. The number of carbonyl (C=O) groups is 2. The molecule has 1 aliphatic heterocycles. The maximum absolute atomic E-state index is 12.6. The summed E-state index contributed by atoms with van der Waals surface area (Å²) in [5, 5.41) is 2.82. The summed E-state index contributed by atoms with van der Waals surface area (Å²) in [5.74, 6) is 1.25. The van der Waals surface area contributed by atoms with Crippen LogP contribution in [0, 0.1) is 0 Å². The number of anilines is 2. The van der Waals surface area contributed by atoms with Gasteiger partial charge in [-0.2, -0.15) is 0 Å². The average Bonchev–Trinajstić information content (AvgIpc) is 3.05. The van der Waals surface area contributed by atoms with Crippen molar-refractivity contribution in [1.29, 1.82) is 0 Å². The second-order valence-electron chi connectivity index (χ2n) is 6.24. The van der Waals surface area contributed by atoms with Crippen LogP contribution < -0.4 is 15.0 Å². The largest absolute Gasteiger partial charge is 0.494 e. The summed E-state index contributed by atoms with van der Waals surface area (Å²) in [6, 6.07) is 15.3. The topological polar surface area (TPSA) is 58.6 Å². The summed E-state index contributed by atoms with van der Waals surface area (Å²) in [4.78, 5) is 26.5. The van der Waals surface area contributed by atoms with Gasteiger partial charge in [0.15, 0.2) is 0 Å². The van der Waals surface area contributed by atoms with E-state index in [1.165, 1.54) is 0 Å². The molecule has 0 unspecified atom stereocenters. The molecule has 6 heteroatoms. The highest BCUT2D eigenvalue weighted by Gasteiger charge is 2.35. The van der Waals surface area contributed by atoms with Gasteiger partial charge in [-0.3, -0.25) is 14.5 Å². The molecule has 1 fully saturated rings. The molecule has 0 radical (unpaired) electrons. The van der Waals surface area contributed by atoms with Gasteiger partial charge < -0.3 is 10.1 Å². The van der Waals surface area contributed by atoms with Crippen LogP contribution in [-0.4, -0.2) is 24.2 Å². The summed E-state index contributed by atoms with van der Waals surface area (Å²) in [7, 11) is 0. The lowest BCUT2D eigenvalue weighted by Gasteiger charge is -2.26. The van der Waals surface area contributed by atoms with Crippen molar-refractivity contribution in [2.75, 3.05) is 22.6 Å². The Morgan fingerprint density at radius 3 is 2.63 bits per heavy atom. The third kappa shape index (κ3) is 4.45. The molecule has 2 amide bonds. The number of para-hydroxylation sites is 1. The van der Waals surface area contributed by atoms with Gasteiger partial charge in [-0.15, -0.1) is 11.8 Å². The third-order valence-electron chi connectivity index (χ3n) is 4.27. The molecule has 0 saturated carbocycles. The number of hydrogen-bond acceptors (Lipinski definition) is 4. The Labute approximate surface area is 164 Å². The molecule has 0 bridgehead atoms. The first kappa shape index (κ1) is 19.3. The molecule has 1 N–H and O–H groups in total.